The van der Waals surface area contributed by atoms with Gasteiger partial charge in [0.25, 0.3) is 5.56 Å². The number of methoxy groups -OCH3 is 1. The van der Waals surface area contributed by atoms with Gasteiger partial charge in [0.1, 0.15) is 0 Å². The van der Waals surface area contributed by atoms with Gasteiger partial charge in [0.05, 0.1) is 6.61 Å². The van der Waals surface area contributed by atoms with Gasteiger partial charge < -0.3 is 14.6 Å². The molecule has 0 radical (unpaired) electrons. The third kappa shape index (κ3) is 4.12. The molecule has 1 N–H and O–H groups in total. The molecule has 102 valence electrons. The van der Waals surface area contributed by atoms with Crippen molar-refractivity contribution in [1.29, 1.82) is 0 Å². The van der Waals surface area contributed by atoms with Crippen LogP contribution in [0.25, 0.3) is 0 Å². The topological polar surface area (TPSA) is 65.3 Å². The van der Waals surface area contributed by atoms with E-state index in [-0.39, 0.29) is 11.2 Å². The number of hydrogen-bond donors (Lipinski definition) is 1. The molecule has 0 unspecified atom stereocenters. The van der Waals surface area contributed by atoms with Crippen LogP contribution in [0.15, 0.2) is 21.9 Å². The Morgan fingerprint density at radius 2 is 2.11 bits per heavy atom. The number of nitrogens with zero attached hydrogens (tertiary/aromatic N) is 2. The molecule has 0 aliphatic carbocycles. The Morgan fingerprint density at radius 1 is 1.33 bits per heavy atom. The molecule has 0 atom stereocenters. The Bertz CT molecular complexity index is 464. The fourth-order valence-electron chi connectivity index (χ4n) is 1.66. The lowest BCUT2D eigenvalue weighted by Gasteiger charge is -2.08. The highest BCUT2D eigenvalue weighted by Gasteiger charge is 2.03. The SMILES string of the molecule is CCn1ccc(=O)n(CCCNCCOC)c1=O. The second-order valence-corrected chi connectivity index (χ2v) is 3.97. The Kier molecular flexibility index (Phi) is 6.38. The molecule has 6 heteroatoms. The lowest BCUT2D eigenvalue weighted by Crippen LogP contribution is -2.39. The Labute approximate surface area is 106 Å². The van der Waals surface area contributed by atoms with E-state index in [9.17, 15) is 9.59 Å². The van der Waals surface area contributed by atoms with Crippen molar-refractivity contribution in [2.45, 2.75) is 26.4 Å². The number of rotatable bonds is 8. The maximum Gasteiger partial charge on any atom is 0.330 e. The third-order valence-corrected chi connectivity index (χ3v) is 2.70. The van der Waals surface area contributed by atoms with Crippen LogP contribution in [-0.4, -0.2) is 35.9 Å². The molecule has 0 aliphatic rings. The van der Waals surface area contributed by atoms with E-state index in [0.29, 0.717) is 19.7 Å². The summed E-state index contributed by atoms with van der Waals surface area (Å²) in [5.41, 5.74) is -0.469. The summed E-state index contributed by atoms with van der Waals surface area (Å²) in [4.78, 5) is 23.5. The van der Waals surface area contributed by atoms with Crippen LogP contribution in [-0.2, 0) is 17.8 Å². The zero-order valence-electron chi connectivity index (χ0n) is 11.0. The van der Waals surface area contributed by atoms with E-state index in [1.54, 1.807) is 7.11 Å². The summed E-state index contributed by atoms with van der Waals surface area (Å²) in [5, 5.41) is 3.17. The number of aryl methyl sites for hydroxylation is 1. The maximum absolute atomic E-state index is 11.9. The van der Waals surface area contributed by atoms with Crippen molar-refractivity contribution >= 4 is 0 Å². The molecule has 0 aliphatic heterocycles. The lowest BCUT2D eigenvalue weighted by atomic mass is 10.4. The quantitative estimate of drug-likeness (QED) is 0.645. The van der Waals surface area contributed by atoms with Crippen molar-refractivity contribution in [1.82, 2.24) is 14.5 Å². The highest BCUT2D eigenvalue weighted by molar-refractivity contribution is 4.86. The van der Waals surface area contributed by atoms with E-state index >= 15 is 0 Å². The van der Waals surface area contributed by atoms with Gasteiger partial charge in [0.15, 0.2) is 0 Å². The van der Waals surface area contributed by atoms with Gasteiger partial charge in [0, 0.05) is 39.0 Å². The maximum atomic E-state index is 11.9. The van der Waals surface area contributed by atoms with Gasteiger partial charge in [-0.25, -0.2) is 4.79 Å². The molecule has 0 fully saturated rings. The molecule has 1 aromatic heterocycles. The first-order chi connectivity index (χ1) is 8.70. The number of ether oxygens (including phenoxy) is 1. The molecule has 0 spiro atoms. The summed E-state index contributed by atoms with van der Waals surface area (Å²) < 4.78 is 7.71. The summed E-state index contributed by atoms with van der Waals surface area (Å²) in [5.74, 6) is 0. The van der Waals surface area contributed by atoms with Crippen molar-refractivity contribution in [3.05, 3.63) is 33.1 Å². The average molecular weight is 255 g/mol. The fraction of sp³-hybridized carbons (Fsp3) is 0.667. The molecular formula is C12H21N3O3. The summed E-state index contributed by atoms with van der Waals surface area (Å²) >= 11 is 0. The molecule has 0 saturated heterocycles. The van der Waals surface area contributed by atoms with Crippen molar-refractivity contribution in [3.8, 4) is 0 Å². The van der Waals surface area contributed by atoms with Crippen LogP contribution in [0.3, 0.4) is 0 Å². The predicted octanol–water partition coefficient (Wildman–Crippen LogP) is -0.344. The number of nitrogens with one attached hydrogen (secondary N) is 1. The fourth-order valence-corrected chi connectivity index (χ4v) is 1.66. The smallest absolute Gasteiger partial charge is 0.330 e. The van der Waals surface area contributed by atoms with Crippen molar-refractivity contribution in [2.24, 2.45) is 0 Å². The second-order valence-electron chi connectivity index (χ2n) is 3.97. The van der Waals surface area contributed by atoms with Gasteiger partial charge in [-0.1, -0.05) is 0 Å². The molecule has 1 rings (SSSR count). The van der Waals surface area contributed by atoms with Gasteiger partial charge in [-0.3, -0.25) is 9.36 Å². The molecule has 0 saturated carbocycles. The summed E-state index contributed by atoms with van der Waals surface area (Å²) in [7, 11) is 1.65. The van der Waals surface area contributed by atoms with Crippen molar-refractivity contribution in [3.63, 3.8) is 0 Å². The zero-order chi connectivity index (χ0) is 13.4. The minimum absolute atomic E-state index is 0.234. The normalized spacial score (nSPS) is 10.8. The van der Waals surface area contributed by atoms with Crippen LogP contribution in [0.2, 0.25) is 0 Å². The van der Waals surface area contributed by atoms with Crippen LogP contribution in [0.4, 0.5) is 0 Å². The predicted molar refractivity (Wildman–Crippen MR) is 70.0 cm³/mol. The largest absolute Gasteiger partial charge is 0.383 e. The minimum Gasteiger partial charge on any atom is -0.383 e. The molecule has 18 heavy (non-hydrogen) atoms. The molecule has 1 aromatic rings. The van der Waals surface area contributed by atoms with Gasteiger partial charge >= 0.3 is 5.69 Å². The molecule has 1 heterocycles. The summed E-state index contributed by atoms with van der Waals surface area (Å²) in [6.45, 7) is 5.09. The van der Waals surface area contributed by atoms with E-state index in [1.165, 1.54) is 21.4 Å². The monoisotopic (exact) mass is 255 g/mol. The summed E-state index contributed by atoms with van der Waals surface area (Å²) in [6, 6.07) is 1.43. The highest BCUT2D eigenvalue weighted by atomic mass is 16.5. The van der Waals surface area contributed by atoms with Crippen molar-refractivity contribution in [2.75, 3.05) is 26.8 Å². The van der Waals surface area contributed by atoms with Crippen LogP contribution >= 0.6 is 0 Å². The van der Waals surface area contributed by atoms with Crippen LogP contribution in [0.5, 0.6) is 0 Å². The average Bonchev–Trinajstić information content (AvgIpc) is 2.37. The van der Waals surface area contributed by atoms with Gasteiger partial charge in [0.2, 0.25) is 0 Å². The third-order valence-electron chi connectivity index (χ3n) is 2.70. The number of aromatic nitrogens is 2. The van der Waals surface area contributed by atoms with Crippen LogP contribution in [0.1, 0.15) is 13.3 Å². The van der Waals surface area contributed by atoms with Gasteiger partial charge in [-0.05, 0) is 19.9 Å². The van der Waals surface area contributed by atoms with Crippen LogP contribution < -0.4 is 16.6 Å². The van der Waals surface area contributed by atoms with E-state index in [4.69, 9.17) is 4.74 Å². The first-order valence-electron chi connectivity index (χ1n) is 6.20. The highest BCUT2D eigenvalue weighted by Crippen LogP contribution is 1.83. The number of hydrogen-bond acceptors (Lipinski definition) is 4. The first-order valence-corrected chi connectivity index (χ1v) is 6.20. The molecule has 0 bridgehead atoms. The van der Waals surface area contributed by atoms with E-state index in [1.807, 2.05) is 6.92 Å². The van der Waals surface area contributed by atoms with E-state index in [2.05, 4.69) is 5.32 Å². The zero-order valence-corrected chi connectivity index (χ0v) is 11.0. The second kappa shape index (κ2) is 7.84. The van der Waals surface area contributed by atoms with Gasteiger partial charge in [-0.2, -0.15) is 0 Å². The Balaban J connectivity index is 2.52. The molecule has 0 aromatic carbocycles. The molecule has 0 amide bonds. The lowest BCUT2D eigenvalue weighted by molar-refractivity contribution is 0.199. The Hall–Kier alpha value is -1.40. The summed E-state index contributed by atoms with van der Waals surface area (Å²) in [6.07, 6.45) is 2.28. The van der Waals surface area contributed by atoms with Gasteiger partial charge in [-0.15, -0.1) is 0 Å². The van der Waals surface area contributed by atoms with E-state index in [0.717, 1.165) is 19.5 Å². The standard InChI is InChI=1S/C12H21N3O3/c1-3-14-9-5-11(16)15(12(14)17)8-4-6-13-7-10-18-2/h5,9,13H,3-4,6-8,10H2,1-2H3. The molecule has 6 nitrogen and oxygen atoms in total. The van der Waals surface area contributed by atoms with Crippen LogP contribution in [0, 0.1) is 0 Å². The molecular weight excluding hydrogens is 234 g/mol. The van der Waals surface area contributed by atoms with E-state index < -0.39 is 0 Å². The Morgan fingerprint density at radius 3 is 2.78 bits per heavy atom. The first kappa shape index (κ1) is 14.7. The van der Waals surface area contributed by atoms with Crippen molar-refractivity contribution < 1.29 is 4.74 Å². The minimum atomic E-state index is -0.235.